The number of methoxy groups -OCH3 is 1. The number of rotatable bonds is 5. The third-order valence-electron chi connectivity index (χ3n) is 4.75. The third kappa shape index (κ3) is 4.99. The molecule has 0 amide bonds. The Hall–Kier alpha value is -2.77. The second-order valence-electron chi connectivity index (χ2n) is 6.72. The highest BCUT2D eigenvalue weighted by Crippen LogP contribution is 2.23. The SMILES string of the molecule is COc1cccc(Nc2ncc3c(n2)CCN(Cc2ccc(F)cc2F)C3)c1.Cl. The molecular weight excluding hydrogens is 398 g/mol. The fourth-order valence-electron chi connectivity index (χ4n) is 3.29. The highest BCUT2D eigenvalue weighted by molar-refractivity contribution is 5.85. The summed E-state index contributed by atoms with van der Waals surface area (Å²) >= 11 is 0. The minimum absolute atomic E-state index is 0. The van der Waals surface area contributed by atoms with E-state index in [0.29, 0.717) is 24.6 Å². The fourth-order valence-corrected chi connectivity index (χ4v) is 3.29. The lowest BCUT2D eigenvalue weighted by Crippen LogP contribution is -2.31. The molecule has 1 aromatic heterocycles. The van der Waals surface area contributed by atoms with E-state index in [1.165, 1.54) is 12.1 Å². The van der Waals surface area contributed by atoms with Crippen LogP contribution in [0.2, 0.25) is 0 Å². The van der Waals surface area contributed by atoms with Crippen molar-refractivity contribution in [2.75, 3.05) is 19.0 Å². The van der Waals surface area contributed by atoms with E-state index >= 15 is 0 Å². The first kappa shape index (κ1) is 21.0. The molecule has 29 heavy (non-hydrogen) atoms. The molecule has 3 aromatic rings. The van der Waals surface area contributed by atoms with E-state index in [2.05, 4.69) is 20.2 Å². The molecule has 0 saturated heterocycles. The molecule has 1 aliphatic heterocycles. The van der Waals surface area contributed by atoms with Gasteiger partial charge in [-0.3, -0.25) is 4.90 Å². The van der Waals surface area contributed by atoms with E-state index in [-0.39, 0.29) is 12.4 Å². The van der Waals surface area contributed by atoms with Crippen LogP contribution in [0.15, 0.2) is 48.7 Å². The van der Waals surface area contributed by atoms with Crippen molar-refractivity contribution < 1.29 is 13.5 Å². The van der Waals surface area contributed by atoms with Gasteiger partial charge in [0.25, 0.3) is 0 Å². The van der Waals surface area contributed by atoms with Gasteiger partial charge in [-0.2, -0.15) is 0 Å². The fraction of sp³-hybridized carbons (Fsp3) is 0.238. The van der Waals surface area contributed by atoms with E-state index in [4.69, 9.17) is 4.74 Å². The lowest BCUT2D eigenvalue weighted by Gasteiger charge is -2.28. The molecular formula is C21H21ClF2N4O. The van der Waals surface area contributed by atoms with Crippen LogP contribution in [-0.2, 0) is 19.5 Å². The van der Waals surface area contributed by atoms with E-state index < -0.39 is 11.6 Å². The molecule has 0 aliphatic carbocycles. The predicted molar refractivity (Wildman–Crippen MR) is 110 cm³/mol. The van der Waals surface area contributed by atoms with Gasteiger partial charge in [-0.1, -0.05) is 12.1 Å². The van der Waals surface area contributed by atoms with Crippen LogP contribution in [-0.4, -0.2) is 28.5 Å². The van der Waals surface area contributed by atoms with E-state index in [1.54, 1.807) is 13.3 Å². The Morgan fingerprint density at radius 1 is 1.17 bits per heavy atom. The molecule has 0 saturated carbocycles. The van der Waals surface area contributed by atoms with Crippen molar-refractivity contribution in [3.05, 3.63) is 77.1 Å². The first-order chi connectivity index (χ1) is 13.6. The van der Waals surface area contributed by atoms with E-state index in [0.717, 1.165) is 41.7 Å². The van der Waals surface area contributed by atoms with Gasteiger partial charge >= 0.3 is 0 Å². The highest BCUT2D eigenvalue weighted by atomic mass is 35.5. The van der Waals surface area contributed by atoms with Crippen molar-refractivity contribution in [2.24, 2.45) is 0 Å². The monoisotopic (exact) mass is 418 g/mol. The van der Waals surface area contributed by atoms with Crippen molar-refractivity contribution in [1.29, 1.82) is 0 Å². The summed E-state index contributed by atoms with van der Waals surface area (Å²) in [5.41, 5.74) is 3.34. The molecule has 0 radical (unpaired) electrons. The van der Waals surface area contributed by atoms with Gasteiger partial charge in [-0.15, -0.1) is 12.4 Å². The van der Waals surface area contributed by atoms with Crippen LogP contribution in [0.5, 0.6) is 5.75 Å². The van der Waals surface area contributed by atoms with Gasteiger partial charge in [0, 0.05) is 61.2 Å². The Labute approximate surface area is 174 Å². The Morgan fingerprint density at radius 3 is 2.83 bits per heavy atom. The number of nitrogens with one attached hydrogen (secondary N) is 1. The number of hydrogen-bond donors (Lipinski definition) is 1. The average Bonchev–Trinajstić information content (AvgIpc) is 2.70. The van der Waals surface area contributed by atoms with Crippen molar-refractivity contribution >= 4 is 24.0 Å². The van der Waals surface area contributed by atoms with Crippen LogP contribution in [0.3, 0.4) is 0 Å². The Kier molecular flexibility index (Phi) is 6.61. The van der Waals surface area contributed by atoms with Crippen LogP contribution in [0, 0.1) is 11.6 Å². The zero-order valence-electron chi connectivity index (χ0n) is 15.9. The minimum Gasteiger partial charge on any atom is -0.497 e. The summed E-state index contributed by atoms with van der Waals surface area (Å²) in [4.78, 5) is 11.1. The van der Waals surface area contributed by atoms with Crippen molar-refractivity contribution in [1.82, 2.24) is 14.9 Å². The summed E-state index contributed by atoms with van der Waals surface area (Å²) < 4.78 is 32.2. The van der Waals surface area contributed by atoms with Crippen LogP contribution >= 0.6 is 12.4 Å². The summed E-state index contributed by atoms with van der Waals surface area (Å²) in [5, 5.41) is 3.19. The zero-order valence-corrected chi connectivity index (χ0v) is 16.7. The third-order valence-corrected chi connectivity index (χ3v) is 4.75. The molecule has 152 valence electrons. The molecule has 1 aliphatic rings. The molecule has 0 fully saturated rings. The maximum absolute atomic E-state index is 13.9. The highest BCUT2D eigenvalue weighted by Gasteiger charge is 2.20. The molecule has 1 N–H and O–H groups in total. The van der Waals surface area contributed by atoms with Gasteiger partial charge in [0.15, 0.2) is 0 Å². The van der Waals surface area contributed by atoms with Crippen molar-refractivity contribution in [3.8, 4) is 5.75 Å². The summed E-state index contributed by atoms with van der Waals surface area (Å²) in [6.45, 7) is 1.81. The number of anilines is 2. The normalized spacial score (nSPS) is 13.3. The summed E-state index contributed by atoms with van der Waals surface area (Å²) in [6.07, 6.45) is 2.55. The number of ether oxygens (including phenoxy) is 1. The predicted octanol–water partition coefficient (Wildman–Crippen LogP) is 4.49. The van der Waals surface area contributed by atoms with Gasteiger partial charge in [0.2, 0.25) is 5.95 Å². The molecule has 8 heteroatoms. The molecule has 2 aromatic carbocycles. The Morgan fingerprint density at radius 2 is 2.03 bits per heavy atom. The molecule has 5 nitrogen and oxygen atoms in total. The number of benzene rings is 2. The zero-order chi connectivity index (χ0) is 19.5. The van der Waals surface area contributed by atoms with Crippen LogP contribution in [0.25, 0.3) is 0 Å². The second-order valence-corrected chi connectivity index (χ2v) is 6.72. The number of fused-ring (bicyclic) bond motifs is 1. The molecule has 0 spiro atoms. The van der Waals surface area contributed by atoms with Crippen molar-refractivity contribution in [2.45, 2.75) is 19.5 Å². The van der Waals surface area contributed by atoms with Gasteiger partial charge in [0.1, 0.15) is 17.4 Å². The van der Waals surface area contributed by atoms with Gasteiger partial charge in [-0.25, -0.2) is 18.7 Å². The van der Waals surface area contributed by atoms with E-state index in [1.807, 2.05) is 24.3 Å². The first-order valence-corrected chi connectivity index (χ1v) is 9.03. The minimum atomic E-state index is -0.560. The standard InChI is InChI=1S/C21H20F2N4O.ClH/c1-28-18-4-2-3-17(10-18)25-21-24-11-15-13-27(8-7-20(15)26-21)12-14-5-6-16(22)9-19(14)23;/h2-6,9-11H,7-8,12-13H2,1H3,(H,24,25,26);1H. The number of halogens is 3. The lowest BCUT2D eigenvalue weighted by atomic mass is 10.1. The van der Waals surface area contributed by atoms with E-state index in [9.17, 15) is 8.78 Å². The van der Waals surface area contributed by atoms with Gasteiger partial charge < -0.3 is 10.1 Å². The maximum Gasteiger partial charge on any atom is 0.227 e. The summed E-state index contributed by atoms with van der Waals surface area (Å²) in [7, 11) is 1.62. The molecule has 0 unspecified atom stereocenters. The van der Waals surface area contributed by atoms with Crippen LogP contribution in [0.4, 0.5) is 20.4 Å². The Balaban J connectivity index is 0.00000240. The molecule has 0 atom stereocenters. The summed E-state index contributed by atoms with van der Waals surface area (Å²) in [5.74, 6) is 0.214. The second kappa shape index (κ2) is 9.15. The largest absolute Gasteiger partial charge is 0.497 e. The lowest BCUT2D eigenvalue weighted by molar-refractivity contribution is 0.239. The molecule has 0 bridgehead atoms. The topological polar surface area (TPSA) is 50.3 Å². The molecule has 4 rings (SSSR count). The van der Waals surface area contributed by atoms with Crippen LogP contribution in [0.1, 0.15) is 16.8 Å². The molecule has 2 heterocycles. The van der Waals surface area contributed by atoms with Crippen LogP contribution < -0.4 is 10.1 Å². The number of aromatic nitrogens is 2. The summed E-state index contributed by atoms with van der Waals surface area (Å²) in [6, 6.07) is 11.3. The average molecular weight is 419 g/mol. The first-order valence-electron chi connectivity index (χ1n) is 9.03. The maximum atomic E-state index is 13.9. The number of hydrogen-bond acceptors (Lipinski definition) is 5. The number of nitrogens with zero attached hydrogens (tertiary/aromatic N) is 3. The smallest absolute Gasteiger partial charge is 0.227 e. The van der Waals surface area contributed by atoms with Gasteiger partial charge in [-0.05, 0) is 18.2 Å². The van der Waals surface area contributed by atoms with Gasteiger partial charge in [0.05, 0.1) is 12.8 Å². The quantitative estimate of drug-likeness (QED) is 0.661. The van der Waals surface area contributed by atoms with Crippen molar-refractivity contribution in [3.63, 3.8) is 0 Å². The Bertz CT molecular complexity index is 1000.